The van der Waals surface area contributed by atoms with Gasteiger partial charge in [-0.25, -0.2) is 0 Å². The molecule has 0 aliphatic carbocycles. The van der Waals surface area contributed by atoms with Gasteiger partial charge < -0.3 is 14.9 Å². The highest BCUT2D eigenvalue weighted by Crippen LogP contribution is 2.21. The molecule has 5 heteroatoms. The van der Waals surface area contributed by atoms with E-state index in [1.807, 2.05) is 24.3 Å². The predicted molar refractivity (Wildman–Crippen MR) is 82.1 cm³/mol. The number of allylic oxidation sites excluding steroid dienone is 1. The molecule has 0 aliphatic heterocycles. The van der Waals surface area contributed by atoms with Gasteiger partial charge in [-0.15, -0.1) is 0 Å². The van der Waals surface area contributed by atoms with Crippen molar-refractivity contribution in [2.24, 2.45) is 0 Å². The molecule has 0 aliphatic rings. The molecule has 0 atom stereocenters. The molecule has 1 aromatic carbocycles. The molecule has 2 rings (SSSR count). The normalized spacial score (nSPS) is 11.0. The number of carboxylic acids is 1. The van der Waals surface area contributed by atoms with Crippen LogP contribution < -0.4 is 5.11 Å². The van der Waals surface area contributed by atoms with Gasteiger partial charge >= 0.3 is 0 Å². The number of ketones is 1. The summed E-state index contributed by atoms with van der Waals surface area (Å²) in [5.74, 6) is -1.56. The predicted octanol–water partition coefficient (Wildman–Crippen LogP) is 2.65. The van der Waals surface area contributed by atoms with Crippen molar-refractivity contribution in [3.8, 4) is 0 Å². The molecule has 0 spiro atoms. The monoisotopic (exact) mass is 346 g/mol. The maximum Gasteiger partial charge on any atom is 0.187 e. The smallest absolute Gasteiger partial charge is 0.187 e. The number of rotatable bonds is 4. The van der Waals surface area contributed by atoms with Gasteiger partial charge in [0.25, 0.3) is 0 Å². The van der Waals surface area contributed by atoms with Crippen molar-refractivity contribution in [3.63, 3.8) is 0 Å². The summed E-state index contributed by atoms with van der Waals surface area (Å²) in [5.41, 5.74) is 2.11. The molecule has 1 N–H and O–H groups in total. The van der Waals surface area contributed by atoms with Gasteiger partial charge in [0.1, 0.15) is 0 Å². The van der Waals surface area contributed by atoms with Crippen molar-refractivity contribution < 1.29 is 14.7 Å². The third kappa shape index (κ3) is 3.13. The van der Waals surface area contributed by atoms with Gasteiger partial charge in [-0.3, -0.25) is 4.79 Å². The number of aryl methyl sites for hydroxylation is 1. The Morgan fingerprint density at radius 2 is 1.90 bits per heavy atom. The standard InChI is InChI=1S/C16H14BrNO3/c1-9-14(10(2)18-15(9)16(20)21)13(19)8-7-11-5-3-4-6-12(11)17/h3-8,18H,1-2H3,(H,20,21)/p-1/b8-7+. The van der Waals surface area contributed by atoms with Crippen LogP contribution in [0.5, 0.6) is 0 Å². The molecule has 0 fully saturated rings. The topological polar surface area (TPSA) is 73.0 Å². The highest BCUT2D eigenvalue weighted by molar-refractivity contribution is 9.10. The summed E-state index contributed by atoms with van der Waals surface area (Å²) in [7, 11) is 0. The number of aromatic carboxylic acids is 1. The lowest BCUT2D eigenvalue weighted by molar-refractivity contribution is -0.255. The van der Waals surface area contributed by atoms with Crippen molar-refractivity contribution in [2.45, 2.75) is 13.8 Å². The minimum atomic E-state index is -1.32. The van der Waals surface area contributed by atoms with Crippen LogP contribution >= 0.6 is 15.9 Å². The number of hydrogen-bond acceptors (Lipinski definition) is 3. The van der Waals surface area contributed by atoms with Crippen LogP contribution in [0.25, 0.3) is 6.08 Å². The Bertz CT molecular complexity index is 744. The lowest BCUT2D eigenvalue weighted by atomic mass is 10.0. The molecule has 0 saturated carbocycles. The number of halogens is 1. The van der Waals surface area contributed by atoms with Crippen LogP contribution in [0.3, 0.4) is 0 Å². The molecule has 1 heterocycles. The average molecular weight is 347 g/mol. The van der Waals surface area contributed by atoms with Gasteiger partial charge in [0.05, 0.1) is 11.7 Å². The van der Waals surface area contributed by atoms with Crippen molar-refractivity contribution in [2.75, 3.05) is 0 Å². The number of hydrogen-bond donors (Lipinski definition) is 1. The zero-order chi connectivity index (χ0) is 15.6. The Labute approximate surface area is 130 Å². The van der Waals surface area contributed by atoms with Crippen LogP contribution in [-0.2, 0) is 0 Å². The highest BCUT2D eigenvalue weighted by atomic mass is 79.9. The summed E-state index contributed by atoms with van der Waals surface area (Å²) < 4.78 is 0.881. The van der Waals surface area contributed by atoms with Crippen molar-refractivity contribution in [1.29, 1.82) is 0 Å². The SMILES string of the molecule is Cc1[nH]c(C(=O)[O-])c(C)c1C(=O)/C=C/c1ccccc1Br. The van der Waals surface area contributed by atoms with Gasteiger partial charge in [0, 0.05) is 15.7 Å². The van der Waals surface area contributed by atoms with Gasteiger partial charge in [-0.05, 0) is 43.2 Å². The summed E-state index contributed by atoms with van der Waals surface area (Å²) in [4.78, 5) is 25.9. The van der Waals surface area contributed by atoms with Crippen LogP contribution in [0.4, 0.5) is 0 Å². The maximum atomic E-state index is 12.3. The minimum absolute atomic E-state index is 0.0508. The molecule has 21 heavy (non-hydrogen) atoms. The number of aromatic amines is 1. The molecule has 0 unspecified atom stereocenters. The van der Waals surface area contributed by atoms with Gasteiger partial charge in [-0.2, -0.15) is 0 Å². The van der Waals surface area contributed by atoms with Crippen molar-refractivity contribution >= 4 is 33.8 Å². The quantitative estimate of drug-likeness (QED) is 0.683. The number of carboxylic acid groups (broad SMARTS) is 1. The first-order valence-corrected chi connectivity index (χ1v) is 7.08. The lowest BCUT2D eigenvalue weighted by Gasteiger charge is -2.01. The van der Waals surface area contributed by atoms with Crippen LogP contribution in [0.15, 0.2) is 34.8 Å². The van der Waals surface area contributed by atoms with E-state index in [0.29, 0.717) is 16.8 Å². The number of aromatic nitrogens is 1. The molecule has 0 radical (unpaired) electrons. The second-order valence-corrected chi connectivity index (χ2v) is 5.49. The highest BCUT2D eigenvalue weighted by Gasteiger charge is 2.16. The van der Waals surface area contributed by atoms with E-state index >= 15 is 0 Å². The number of benzene rings is 1. The molecule has 0 amide bonds. The van der Waals surface area contributed by atoms with Gasteiger partial charge in [-0.1, -0.05) is 34.1 Å². The number of nitrogens with one attached hydrogen (secondary N) is 1. The molecule has 4 nitrogen and oxygen atoms in total. The Morgan fingerprint density at radius 3 is 2.48 bits per heavy atom. The van der Waals surface area contributed by atoms with Crippen molar-refractivity contribution in [3.05, 3.63) is 62.9 Å². The largest absolute Gasteiger partial charge is 0.543 e. The van der Waals surface area contributed by atoms with Crippen LogP contribution in [-0.4, -0.2) is 16.7 Å². The van der Waals surface area contributed by atoms with E-state index in [0.717, 1.165) is 10.0 Å². The van der Waals surface area contributed by atoms with Crippen LogP contribution in [0.1, 0.15) is 37.7 Å². The van der Waals surface area contributed by atoms with E-state index in [1.165, 1.54) is 6.08 Å². The minimum Gasteiger partial charge on any atom is -0.543 e. The zero-order valence-electron chi connectivity index (χ0n) is 11.6. The first-order chi connectivity index (χ1) is 9.91. The van der Waals surface area contributed by atoms with E-state index < -0.39 is 5.97 Å². The fraction of sp³-hybridized carbons (Fsp3) is 0.125. The van der Waals surface area contributed by atoms with Gasteiger partial charge in [0.15, 0.2) is 5.78 Å². The Morgan fingerprint density at radius 1 is 1.24 bits per heavy atom. The molecule has 1 aromatic heterocycles. The summed E-state index contributed by atoms with van der Waals surface area (Å²) in [6, 6.07) is 7.51. The lowest BCUT2D eigenvalue weighted by Crippen LogP contribution is -2.23. The van der Waals surface area contributed by atoms with Crippen LogP contribution in [0, 0.1) is 13.8 Å². The van der Waals surface area contributed by atoms with Crippen molar-refractivity contribution in [1.82, 2.24) is 4.98 Å². The van der Waals surface area contributed by atoms with E-state index in [1.54, 1.807) is 19.9 Å². The van der Waals surface area contributed by atoms with Crippen LogP contribution in [0.2, 0.25) is 0 Å². The third-order valence-electron chi connectivity index (χ3n) is 3.21. The van der Waals surface area contributed by atoms with Gasteiger partial charge in [0.2, 0.25) is 0 Å². The first kappa shape index (κ1) is 15.3. The molecule has 108 valence electrons. The third-order valence-corrected chi connectivity index (χ3v) is 3.93. The second-order valence-electron chi connectivity index (χ2n) is 4.63. The number of H-pyrrole nitrogens is 1. The fourth-order valence-corrected chi connectivity index (χ4v) is 2.60. The molecular formula is C16H13BrNO3-. The van der Waals surface area contributed by atoms with E-state index in [9.17, 15) is 14.7 Å². The zero-order valence-corrected chi connectivity index (χ0v) is 13.2. The summed E-state index contributed by atoms with van der Waals surface area (Å²) in [6.07, 6.45) is 3.12. The molecular weight excluding hydrogens is 334 g/mol. The molecule has 0 bridgehead atoms. The first-order valence-electron chi connectivity index (χ1n) is 6.29. The Balaban J connectivity index is 2.34. The maximum absolute atomic E-state index is 12.3. The van der Waals surface area contributed by atoms with E-state index in [4.69, 9.17) is 0 Å². The molecule has 0 saturated heterocycles. The van der Waals surface area contributed by atoms with E-state index in [2.05, 4.69) is 20.9 Å². The summed E-state index contributed by atoms with van der Waals surface area (Å²) >= 11 is 3.40. The number of carbonyl (C=O) groups is 2. The summed E-state index contributed by atoms with van der Waals surface area (Å²) in [5, 5.41) is 11.0. The van der Waals surface area contributed by atoms with E-state index in [-0.39, 0.29) is 11.5 Å². The second kappa shape index (κ2) is 6.10. The fourth-order valence-electron chi connectivity index (χ4n) is 2.18. The Kier molecular flexibility index (Phi) is 4.43. The average Bonchev–Trinajstić information content (AvgIpc) is 2.73. The molecule has 2 aromatic rings. The Hall–Kier alpha value is -2.14. The summed E-state index contributed by atoms with van der Waals surface area (Å²) in [6.45, 7) is 3.26. The number of carbonyl (C=O) groups excluding carboxylic acids is 2.